The van der Waals surface area contributed by atoms with Crippen LogP contribution in [0.3, 0.4) is 0 Å². The van der Waals surface area contributed by atoms with E-state index in [1.807, 2.05) is 49.4 Å². The number of carbonyl (C=O) groups excluding carboxylic acids is 2. The van der Waals surface area contributed by atoms with E-state index in [1.54, 1.807) is 0 Å². The molecule has 25 heavy (non-hydrogen) atoms. The molecule has 2 aliphatic rings. The average Bonchev–Trinajstić information content (AvgIpc) is 3.00. The van der Waals surface area contributed by atoms with Crippen LogP contribution in [-0.2, 0) is 22.4 Å². The van der Waals surface area contributed by atoms with Gasteiger partial charge in [-0.05, 0) is 42.2 Å². The Balaban J connectivity index is 1.43. The summed E-state index contributed by atoms with van der Waals surface area (Å²) in [4.78, 5) is 24.1. The van der Waals surface area contributed by atoms with Crippen molar-refractivity contribution < 1.29 is 14.3 Å². The van der Waals surface area contributed by atoms with E-state index < -0.39 is 0 Å². The zero-order valence-electron chi connectivity index (χ0n) is 14.0. The lowest BCUT2D eigenvalue weighted by atomic mass is 9.95. The van der Waals surface area contributed by atoms with E-state index in [0.29, 0.717) is 19.4 Å². The number of para-hydroxylation sites is 1. The van der Waals surface area contributed by atoms with Crippen LogP contribution in [0.4, 0.5) is 5.69 Å². The number of benzene rings is 2. The summed E-state index contributed by atoms with van der Waals surface area (Å²) in [5.41, 5.74) is 3.92. The molecule has 0 bridgehead atoms. The monoisotopic (exact) mass is 336 g/mol. The summed E-state index contributed by atoms with van der Waals surface area (Å²) in [7, 11) is 0. The van der Waals surface area contributed by atoms with Crippen LogP contribution in [0.15, 0.2) is 42.5 Å². The lowest BCUT2D eigenvalue weighted by Crippen LogP contribution is -2.38. The van der Waals surface area contributed by atoms with Gasteiger partial charge < -0.3 is 15.4 Å². The van der Waals surface area contributed by atoms with Crippen molar-refractivity contribution in [3.63, 3.8) is 0 Å². The summed E-state index contributed by atoms with van der Waals surface area (Å²) >= 11 is 0. The first-order chi connectivity index (χ1) is 12.1. The van der Waals surface area contributed by atoms with Crippen LogP contribution in [-0.4, -0.2) is 18.4 Å². The smallest absolute Gasteiger partial charge is 0.228 e. The highest BCUT2D eigenvalue weighted by atomic mass is 16.5. The van der Waals surface area contributed by atoms with Gasteiger partial charge in [-0.2, -0.15) is 0 Å². The van der Waals surface area contributed by atoms with Crippen molar-refractivity contribution in [3.8, 4) is 5.75 Å². The van der Waals surface area contributed by atoms with Gasteiger partial charge in [-0.25, -0.2) is 0 Å². The van der Waals surface area contributed by atoms with Gasteiger partial charge in [0.25, 0.3) is 0 Å². The Kier molecular flexibility index (Phi) is 3.92. The quantitative estimate of drug-likeness (QED) is 0.905. The molecule has 2 aromatic rings. The number of carbonyl (C=O) groups is 2. The van der Waals surface area contributed by atoms with Crippen molar-refractivity contribution in [2.24, 2.45) is 5.92 Å². The molecular formula is C20H20N2O3. The number of amides is 2. The molecule has 0 radical (unpaired) electrons. The molecule has 128 valence electrons. The molecule has 0 aromatic heterocycles. The third-order valence-corrected chi connectivity index (χ3v) is 4.86. The molecule has 2 aromatic carbocycles. The molecule has 2 heterocycles. The molecule has 0 fully saturated rings. The maximum absolute atomic E-state index is 12.6. The number of nitrogens with one attached hydrogen (secondary N) is 2. The van der Waals surface area contributed by atoms with Gasteiger partial charge in [0.15, 0.2) is 0 Å². The highest BCUT2D eigenvalue weighted by Gasteiger charge is 2.27. The largest absolute Gasteiger partial charge is 0.492 e. The second-order valence-electron chi connectivity index (χ2n) is 6.69. The maximum atomic E-state index is 12.6. The van der Waals surface area contributed by atoms with Crippen molar-refractivity contribution in [3.05, 3.63) is 59.2 Å². The molecule has 5 heteroatoms. The third-order valence-electron chi connectivity index (χ3n) is 4.86. The van der Waals surface area contributed by atoms with Crippen molar-refractivity contribution in [1.82, 2.24) is 5.32 Å². The predicted molar refractivity (Wildman–Crippen MR) is 94.5 cm³/mol. The first-order valence-corrected chi connectivity index (χ1v) is 8.54. The molecular weight excluding hydrogens is 316 g/mol. The number of hydrogen-bond acceptors (Lipinski definition) is 3. The first kappa shape index (κ1) is 15.7. The predicted octanol–water partition coefficient (Wildman–Crippen LogP) is 2.61. The Labute approximate surface area is 146 Å². The van der Waals surface area contributed by atoms with Crippen molar-refractivity contribution >= 4 is 17.5 Å². The van der Waals surface area contributed by atoms with E-state index >= 15 is 0 Å². The summed E-state index contributed by atoms with van der Waals surface area (Å²) in [6.07, 6.45) is 1.09. The van der Waals surface area contributed by atoms with Gasteiger partial charge in [-0.15, -0.1) is 0 Å². The minimum atomic E-state index is -0.185. The van der Waals surface area contributed by atoms with Crippen molar-refractivity contribution in [2.45, 2.75) is 25.8 Å². The summed E-state index contributed by atoms with van der Waals surface area (Å²) < 4.78 is 5.71. The van der Waals surface area contributed by atoms with Gasteiger partial charge in [0.05, 0.1) is 18.4 Å². The molecule has 2 N–H and O–H groups in total. The Hall–Kier alpha value is -2.82. The Morgan fingerprint density at radius 3 is 2.96 bits per heavy atom. The number of anilines is 1. The normalized spacial score (nSPS) is 19.2. The molecule has 0 unspecified atom stereocenters. The summed E-state index contributed by atoms with van der Waals surface area (Å²) in [6, 6.07) is 13.6. The molecule has 2 amide bonds. The molecule has 0 saturated heterocycles. The van der Waals surface area contributed by atoms with Crippen LogP contribution in [0.2, 0.25) is 0 Å². The Bertz CT molecular complexity index is 847. The molecule has 4 rings (SSSR count). The number of fused-ring (bicyclic) bond motifs is 2. The van der Waals surface area contributed by atoms with E-state index in [9.17, 15) is 9.59 Å². The van der Waals surface area contributed by atoms with Gasteiger partial charge in [0.1, 0.15) is 12.4 Å². The molecule has 2 atom stereocenters. The van der Waals surface area contributed by atoms with Crippen LogP contribution < -0.4 is 15.4 Å². The van der Waals surface area contributed by atoms with E-state index in [0.717, 1.165) is 28.1 Å². The summed E-state index contributed by atoms with van der Waals surface area (Å²) in [5, 5.41) is 5.90. The zero-order valence-corrected chi connectivity index (χ0v) is 14.0. The fourth-order valence-corrected chi connectivity index (χ4v) is 3.43. The van der Waals surface area contributed by atoms with E-state index in [1.165, 1.54) is 0 Å². The fourth-order valence-electron chi connectivity index (χ4n) is 3.43. The lowest BCUT2D eigenvalue weighted by Gasteiger charge is -2.26. The number of ether oxygens (including phenoxy) is 1. The Morgan fingerprint density at radius 2 is 2.08 bits per heavy atom. The molecule has 0 saturated carbocycles. The average molecular weight is 336 g/mol. The van der Waals surface area contributed by atoms with Gasteiger partial charge in [-0.1, -0.05) is 30.3 Å². The third kappa shape index (κ3) is 3.09. The topological polar surface area (TPSA) is 67.4 Å². The molecule has 0 spiro atoms. The minimum Gasteiger partial charge on any atom is -0.492 e. The first-order valence-electron chi connectivity index (χ1n) is 8.54. The fraction of sp³-hybridized carbons (Fsp3) is 0.300. The zero-order chi connectivity index (χ0) is 17.4. The van der Waals surface area contributed by atoms with Crippen LogP contribution >= 0.6 is 0 Å². The number of hydrogen-bond donors (Lipinski definition) is 2. The van der Waals surface area contributed by atoms with Crippen LogP contribution in [0, 0.1) is 5.92 Å². The maximum Gasteiger partial charge on any atom is 0.228 e. The standard InChI is InChI=1S/C20H20N2O3/c1-12(13-6-7-17-15(8-13)10-19(23)22-17)21-20(24)16-9-14-4-2-3-5-18(14)25-11-16/h2-8,12,16H,9-11H2,1H3,(H,21,24)(H,22,23)/t12-,16+/m1/s1. The lowest BCUT2D eigenvalue weighted by molar-refractivity contribution is -0.127. The summed E-state index contributed by atoms with van der Waals surface area (Å²) in [6.45, 7) is 2.36. The van der Waals surface area contributed by atoms with Gasteiger partial charge in [0, 0.05) is 5.69 Å². The molecule has 0 aliphatic carbocycles. The van der Waals surface area contributed by atoms with E-state index in [-0.39, 0.29) is 23.8 Å². The van der Waals surface area contributed by atoms with Crippen LogP contribution in [0.25, 0.3) is 0 Å². The van der Waals surface area contributed by atoms with Gasteiger partial charge in [-0.3, -0.25) is 9.59 Å². The van der Waals surface area contributed by atoms with Crippen molar-refractivity contribution in [1.29, 1.82) is 0 Å². The Morgan fingerprint density at radius 1 is 1.24 bits per heavy atom. The second-order valence-corrected chi connectivity index (χ2v) is 6.69. The molecule has 2 aliphatic heterocycles. The number of rotatable bonds is 3. The highest BCUT2D eigenvalue weighted by Crippen LogP contribution is 2.29. The van der Waals surface area contributed by atoms with Crippen LogP contribution in [0.5, 0.6) is 5.75 Å². The van der Waals surface area contributed by atoms with Gasteiger partial charge >= 0.3 is 0 Å². The van der Waals surface area contributed by atoms with E-state index in [2.05, 4.69) is 10.6 Å². The van der Waals surface area contributed by atoms with Crippen LogP contribution in [0.1, 0.15) is 29.7 Å². The minimum absolute atomic E-state index is 0.00305. The second kappa shape index (κ2) is 6.24. The van der Waals surface area contributed by atoms with E-state index in [4.69, 9.17) is 4.74 Å². The SMILES string of the molecule is C[C@@H](NC(=O)[C@@H]1COc2ccccc2C1)c1ccc2c(c1)CC(=O)N2. The summed E-state index contributed by atoms with van der Waals surface area (Å²) in [5.74, 6) is 0.698. The highest BCUT2D eigenvalue weighted by molar-refractivity contribution is 5.99. The van der Waals surface area contributed by atoms with Gasteiger partial charge in [0.2, 0.25) is 11.8 Å². The van der Waals surface area contributed by atoms with Crippen molar-refractivity contribution in [2.75, 3.05) is 11.9 Å². The molecule has 5 nitrogen and oxygen atoms in total.